The molecule has 18 heavy (non-hydrogen) atoms. The maximum Gasteiger partial charge on any atom is 0.158 e. The number of nitrogens with one attached hydrogen (secondary N) is 1. The molecule has 0 aliphatic carbocycles. The van der Waals surface area contributed by atoms with Gasteiger partial charge in [-0.3, -0.25) is 0 Å². The van der Waals surface area contributed by atoms with Gasteiger partial charge in [0, 0.05) is 5.56 Å². The summed E-state index contributed by atoms with van der Waals surface area (Å²) in [7, 11) is 0. The SMILES string of the molecule is Cc1cc(C#N)c(NN)nc1-c1ccccc1F. The van der Waals surface area contributed by atoms with Gasteiger partial charge < -0.3 is 5.43 Å². The molecule has 90 valence electrons. The van der Waals surface area contributed by atoms with Crippen molar-refractivity contribution in [1.82, 2.24) is 4.98 Å². The van der Waals surface area contributed by atoms with Crippen molar-refractivity contribution in [3.63, 3.8) is 0 Å². The number of hydrazine groups is 1. The maximum atomic E-state index is 13.7. The van der Waals surface area contributed by atoms with Crippen molar-refractivity contribution in [2.75, 3.05) is 5.43 Å². The number of pyridine rings is 1. The molecule has 0 amide bonds. The molecule has 1 aromatic heterocycles. The topological polar surface area (TPSA) is 74.7 Å². The minimum Gasteiger partial charge on any atom is -0.307 e. The van der Waals surface area contributed by atoms with Gasteiger partial charge in [0.15, 0.2) is 5.82 Å². The molecule has 0 aliphatic heterocycles. The van der Waals surface area contributed by atoms with Crippen LogP contribution in [0, 0.1) is 24.1 Å². The van der Waals surface area contributed by atoms with Crippen molar-refractivity contribution in [1.29, 1.82) is 5.26 Å². The molecule has 0 radical (unpaired) electrons. The summed E-state index contributed by atoms with van der Waals surface area (Å²) in [6.45, 7) is 1.77. The molecule has 0 fully saturated rings. The quantitative estimate of drug-likeness (QED) is 0.626. The van der Waals surface area contributed by atoms with E-state index in [-0.39, 0.29) is 11.6 Å². The van der Waals surface area contributed by atoms with E-state index >= 15 is 0 Å². The number of aromatic nitrogens is 1. The van der Waals surface area contributed by atoms with Crippen LogP contribution in [0.1, 0.15) is 11.1 Å². The second-order valence-electron chi connectivity index (χ2n) is 3.79. The molecule has 2 aromatic rings. The van der Waals surface area contributed by atoms with Gasteiger partial charge in [-0.1, -0.05) is 12.1 Å². The number of nitrogens with two attached hydrogens (primary N) is 1. The van der Waals surface area contributed by atoms with Gasteiger partial charge in [-0.15, -0.1) is 0 Å². The summed E-state index contributed by atoms with van der Waals surface area (Å²) < 4.78 is 13.7. The summed E-state index contributed by atoms with van der Waals surface area (Å²) in [6, 6.07) is 9.95. The van der Waals surface area contributed by atoms with Crippen LogP contribution < -0.4 is 11.3 Å². The first-order chi connectivity index (χ1) is 8.67. The molecule has 5 heteroatoms. The summed E-state index contributed by atoms with van der Waals surface area (Å²) in [5.41, 5.74) is 4.25. The van der Waals surface area contributed by atoms with Gasteiger partial charge in [0.05, 0.1) is 11.3 Å². The van der Waals surface area contributed by atoms with Gasteiger partial charge in [-0.2, -0.15) is 5.26 Å². The zero-order valence-electron chi connectivity index (χ0n) is 9.74. The highest BCUT2D eigenvalue weighted by atomic mass is 19.1. The third-order valence-electron chi connectivity index (χ3n) is 2.60. The summed E-state index contributed by atoms with van der Waals surface area (Å²) in [5, 5.41) is 8.93. The van der Waals surface area contributed by atoms with E-state index < -0.39 is 0 Å². The maximum absolute atomic E-state index is 13.7. The number of benzene rings is 1. The van der Waals surface area contributed by atoms with Crippen molar-refractivity contribution in [3.8, 4) is 17.3 Å². The molecule has 1 heterocycles. The summed E-state index contributed by atoms with van der Waals surface area (Å²) in [6.07, 6.45) is 0. The largest absolute Gasteiger partial charge is 0.307 e. The first kappa shape index (κ1) is 12.0. The van der Waals surface area contributed by atoms with E-state index in [0.717, 1.165) is 5.56 Å². The monoisotopic (exact) mass is 242 g/mol. The van der Waals surface area contributed by atoms with Gasteiger partial charge in [0.25, 0.3) is 0 Å². The molecule has 0 bridgehead atoms. The Labute approximate surface area is 104 Å². The Morgan fingerprint density at radius 2 is 2.11 bits per heavy atom. The number of halogens is 1. The predicted molar refractivity (Wildman–Crippen MR) is 66.9 cm³/mol. The Balaban J connectivity index is 2.67. The fourth-order valence-electron chi connectivity index (χ4n) is 1.73. The van der Waals surface area contributed by atoms with Crippen LogP contribution in [0.5, 0.6) is 0 Å². The van der Waals surface area contributed by atoms with Crippen molar-refractivity contribution in [2.24, 2.45) is 5.84 Å². The first-order valence-corrected chi connectivity index (χ1v) is 5.30. The smallest absolute Gasteiger partial charge is 0.158 e. The highest BCUT2D eigenvalue weighted by molar-refractivity contribution is 5.68. The van der Waals surface area contributed by atoms with E-state index in [1.165, 1.54) is 6.07 Å². The normalized spacial score (nSPS) is 9.89. The van der Waals surface area contributed by atoms with Crippen LogP contribution in [-0.2, 0) is 0 Å². The third kappa shape index (κ3) is 2.01. The van der Waals surface area contributed by atoms with Crippen LogP contribution in [0.4, 0.5) is 10.2 Å². The molecule has 4 nitrogen and oxygen atoms in total. The highest BCUT2D eigenvalue weighted by Crippen LogP contribution is 2.27. The summed E-state index contributed by atoms with van der Waals surface area (Å²) >= 11 is 0. The fraction of sp³-hybridized carbons (Fsp3) is 0.0769. The number of aryl methyl sites for hydroxylation is 1. The van der Waals surface area contributed by atoms with Gasteiger partial charge in [-0.25, -0.2) is 15.2 Å². The number of nitriles is 1. The molecule has 2 rings (SSSR count). The van der Waals surface area contributed by atoms with E-state index in [1.54, 1.807) is 31.2 Å². The molecule has 0 atom stereocenters. The van der Waals surface area contributed by atoms with Crippen LogP contribution in [0.15, 0.2) is 30.3 Å². The molecule has 0 spiro atoms. The lowest BCUT2D eigenvalue weighted by molar-refractivity contribution is 0.630. The van der Waals surface area contributed by atoms with E-state index in [9.17, 15) is 4.39 Å². The minimum absolute atomic E-state index is 0.237. The van der Waals surface area contributed by atoms with Crippen molar-refractivity contribution in [2.45, 2.75) is 6.92 Å². The third-order valence-corrected chi connectivity index (χ3v) is 2.60. The molecule has 3 N–H and O–H groups in total. The molecular weight excluding hydrogens is 231 g/mol. The van der Waals surface area contributed by atoms with Gasteiger partial charge in [0.2, 0.25) is 0 Å². The number of rotatable bonds is 2. The van der Waals surface area contributed by atoms with Gasteiger partial charge in [0.1, 0.15) is 11.9 Å². The number of hydrogen-bond donors (Lipinski definition) is 2. The standard InChI is InChI=1S/C13H11FN4/c1-8-6-9(7-15)13(18-16)17-12(8)10-4-2-3-5-11(10)14/h2-6H,16H2,1H3,(H,17,18). The van der Waals surface area contributed by atoms with Crippen molar-refractivity contribution >= 4 is 5.82 Å². The molecule has 0 unspecified atom stereocenters. The summed E-state index contributed by atoms with van der Waals surface area (Å²) in [5.74, 6) is 5.18. The Morgan fingerprint density at radius 3 is 2.72 bits per heavy atom. The van der Waals surface area contributed by atoms with Crippen LogP contribution >= 0.6 is 0 Å². The zero-order chi connectivity index (χ0) is 13.1. The minimum atomic E-state index is -0.360. The van der Waals surface area contributed by atoms with E-state index in [4.69, 9.17) is 11.1 Å². The molecule has 1 aromatic carbocycles. The second kappa shape index (κ2) is 4.82. The molecule has 0 saturated heterocycles. The Morgan fingerprint density at radius 1 is 1.39 bits per heavy atom. The lowest BCUT2D eigenvalue weighted by atomic mass is 10.0. The average Bonchev–Trinajstić information content (AvgIpc) is 2.39. The van der Waals surface area contributed by atoms with Gasteiger partial charge in [-0.05, 0) is 30.7 Å². The van der Waals surface area contributed by atoms with E-state index in [2.05, 4.69) is 10.4 Å². The van der Waals surface area contributed by atoms with Crippen LogP contribution in [0.3, 0.4) is 0 Å². The number of anilines is 1. The van der Waals surface area contributed by atoms with E-state index in [0.29, 0.717) is 16.8 Å². The van der Waals surface area contributed by atoms with Crippen LogP contribution in [0.2, 0.25) is 0 Å². The molecule has 0 saturated carbocycles. The number of hydrogen-bond acceptors (Lipinski definition) is 4. The summed E-state index contributed by atoms with van der Waals surface area (Å²) in [4.78, 5) is 4.19. The predicted octanol–water partition coefficient (Wildman–Crippen LogP) is 2.35. The van der Waals surface area contributed by atoms with Gasteiger partial charge >= 0.3 is 0 Å². The Hall–Kier alpha value is -2.45. The Kier molecular flexibility index (Phi) is 3.22. The number of nitrogen functional groups attached to an aromatic ring is 1. The number of nitrogens with zero attached hydrogens (tertiary/aromatic N) is 2. The van der Waals surface area contributed by atoms with Crippen molar-refractivity contribution < 1.29 is 4.39 Å². The highest BCUT2D eigenvalue weighted by Gasteiger charge is 2.12. The molecule has 0 aliphatic rings. The average molecular weight is 242 g/mol. The second-order valence-corrected chi connectivity index (χ2v) is 3.79. The van der Waals surface area contributed by atoms with E-state index in [1.807, 2.05) is 6.07 Å². The van der Waals surface area contributed by atoms with Crippen molar-refractivity contribution in [3.05, 3.63) is 47.3 Å². The van der Waals surface area contributed by atoms with Crippen LogP contribution in [0.25, 0.3) is 11.3 Å². The lowest BCUT2D eigenvalue weighted by Crippen LogP contribution is -2.11. The first-order valence-electron chi connectivity index (χ1n) is 5.30. The van der Waals surface area contributed by atoms with Crippen LogP contribution in [-0.4, -0.2) is 4.98 Å². The zero-order valence-corrected chi connectivity index (χ0v) is 9.74. The fourth-order valence-corrected chi connectivity index (χ4v) is 1.73. The Bertz CT molecular complexity index is 631. The molecular formula is C13H11FN4. The lowest BCUT2D eigenvalue weighted by Gasteiger charge is -2.10.